The number of fused-ring (bicyclic) bond motifs is 1. The van der Waals surface area contributed by atoms with Gasteiger partial charge in [-0.05, 0) is 49.2 Å². The van der Waals surface area contributed by atoms with Crippen molar-refractivity contribution in [2.24, 2.45) is 0 Å². The number of Topliss-reactive ketones (excluding diaryl/α,β-unsaturated/α-hetero) is 1. The molecule has 3 aromatic rings. The average Bonchev–Trinajstić information content (AvgIpc) is 3.37. The summed E-state index contributed by atoms with van der Waals surface area (Å²) in [5.41, 5.74) is 2.95. The first-order valence-electron chi connectivity index (χ1n) is 12.4. The van der Waals surface area contributed by atoms with Crippen LogP contribution in [0.1, 0.15) is 28.8 Å². The van der Waals surface area contributed by atoms with Crippen molar-refractivity contribution in [3.05, 3.63) is 52.5 Å². The summed E-state index contributed by atoms with van der Waals surface area (Å²) in [4.78, 5) is 32.4. The number of halogens is 1. The van der Waals surface area contributed by atoms with E-state index in [1.165, 1.54) is 0 Å². The Balaban J connectivity index is 1.07. The molecule has 2 aromatic carbocycles. The molecule has 2 aliphatic heterocycles. The van der Waals surface area contributed by atoms with Gasteiger partial charge in [0.1, 0.15) is 16.8 Å². The Morgan fingerprint density at radius 1 is 1.00 bits per heavy atom. The Bertz CT molecular complexity index is 1230. The number of hydrogen-bond donors (Lipinski definition) is 1. The largest absolute Gasteiger partial charge is 0.496 e. The molecule has 1 aromatic heterocycles. The Hall–Kier alpha value is -3.01. The van der Waals surface area contributed by atoms with Crippen LogP contribution in [0.25, 0.3) is 11.0 Å². The number of carbonyl (C=O) groups excluding carboxylic acids is 2. The standard InChI is InChI=1S/C26H31ClN6O3/c1-36-25-5-3-20(27)14-19(25)15-22(34)17-31-8-6-21(7-9-31)32-10-12-33(13-11-32)26(35)18-2-4-23-24(16-18)29-30-28-23/h2-5,14,16,21H,6-13,15,17H2,1H3,(H,28,29,30). The molecule has 5 rings (SSSR count). The molecular formula is C26H31ClN6O3. The number of piperidine rings is 1. The summed E-state index contributed by atoms with van der Waals surface area (Å²) >= 11 is 6.10. The minimum Gasteiger partial charge on any atom is -0.496 e. The summed E-state index contributed by atoms with van der Waals surface area (Å²) in [6, 6.07) is 11.3. The van der Waals surface area contributed by atoms with E-state index in [0.29, 0.717) is 40.9 Å². The highest BCUT2D eigenvalue weighted by Crippen LogP contribution is 2.24. The number of amides is 1. The van der Waals surface area contributed by atoms with Crippen molar-refractivity contribution in [1.82, 2.24) is 30.1 Å². The van der Waals surface area contributed by atoms with Crippen LogP contribution in [0.3, 0.4) is 0 Å². The third kappa shape index (κ3) is 5.53. The molecule has 9 nitrogen and oxygen atoms in total. The molecule has 0 unspecified atom stereocenters. The summed E-state index contributed by atoms with van der Waals surface area (Å²) < 4.78 is 5.37. The number of H-pyrrole nitrogens is 1. The maximum atomic E-state index is 13.0. The van der Waals surface area contributed by atoms with Gasteiger partial charge in [0.2, 0.25) is 0 Å². The molecule has 1 N–H and O–H groups in total. The second-order valence-corrected chi connectivity index (χ2v) is 9.97. The molecule has 10 heteroatoms. The lowest BCUT2D eigenvalue weighted by Crippen LogP contribution is -2.54. The van der Waals surface area contributed by atoms with E-state index >= 15 is 0 Å². The van der Waals surface area contributed by atoms with Crippen LogP contribution in [0.4, 0.5) is 0 Å². The number of aromatic amines is 1. The molecule has 190 valence electrons. The SMILES string of the molecule is COc1ccc(Cl)cc1CC(=O)CN1CCC(N2CCN(C(=O)c3ccc4n[nH]nc4c3)CC2)CC1. The molecule has 2 aliphatic rings. The van der Waals surface area contributed by atoms with Crippen molar-refractivity contribution in [2.45, 2.75) is 25.3 Å². The molecule has 0 bridgehead atoms. The van der Waals surface area contributed by atoms with E-state index in [9.17, 15) is 9.59 Å². The zero-order chi connectivity index (χ0) is 25.1. The Kier molecular flexibility index (Phi) is 7.50. The molecule has 0 spiro atoms. The normalized spacial score (nSPS) is 18.0. The number of ether oxygens (including phenoxy) is 1. The Morgan fingerprint density at radius 3 is 2.50 bits per heavy atom. The quantitative estimate of drug-likeness (QED) is 0.522. The molecule has 0 saturated carbocycles. The number of piperazine rings is 1. The number of hydrogen-bond acceptors (Lipinski definition) is 7. The van der Waals surface area contributed by atoms with Gasteiger partial charge in [0.05, 0.1) is 13.7 Å². The summed E-state index contributed by atoms with van der Waals surface area (Å²) in [7, 11) is 1.61. The van der Waals surface area contributed by atoms with Crippen molar-refractivity contribution < 1.29 is 14.3 Å². The van der Waals surface area contributed by atoms with Gasteiger partial charge >= 0.3 is 0 Å². The predicted octanol–water partition coefficient (Wildman–Crippen LogP) is 2.65. The average molecular weight is 511 g/mol. The highest BCUT2D eigenvalue weighted by Gasteiger charge is 2.30. The molecular weight excluding hydrogens is 480 g/mol. The van der Waals surface area contributed by atoms with E-state index in [-0.39, 0.29) is 11.7 Å². The number of nitrogens with zero attached hydrogens (tertiary/aromatic N) is 5. The first kappa shape index (κ1) is 24.7. The zero-order valence-corrected chi connectivity index (χ0v) is 21.2. The highest BCUT2D eigenvalue weighted by atomic mass is 35.5. The van der Waals surface area contributed by atoms with Gasteiger partial charge in [0.25, 0.3) is 5.91 Å². The third-order valence-corrected chi connectivity index (χ3v) is 7.50. The lowest BCUT2D eigenvalue weighted by Gasteiger charge is -2.42. The van der Waals surface area contributed by atoms with E-state index in [0.717, 1.165) is 63.2 Å². The fourth-order valence-corrected chi connectivity index (χ4v) is 5.49. The van der Waals surface area contributed by atoms with Gasteiger partial charge in [-0.3, -0.25) is 19.4 Å². The van der Waals surface area contributed by atoms with E-state index in [1.54, 1.807) is 25.3 Å². The number of aromatic nitrogens is 3. The molecule has 0 atom stereocenters. The molecule has 1 amide bonds. The van der Waals surface area contributed by atoms with E-state index in [1.807, 2.05) is 23.1 Å². The van der Waals surface area contributed by atoms with Gasteiger partial charge in [0, 0.05) is 67.9 Å². The molecule has 0 radical (unpaired) electrons. The van der Waals surface area contributed by atoms with Crippen LogP contribution in [0.5, 0.6) is 5.75 Å². The first-order valence-corrected chi connectivity index (χ1v) is 12.8. The summed E-state index contributed by atoms with van der Waals surface area (Å²) in [5.74, 6) is 0.914. The smallest absolute Gasteiger partial charge is 0.254 e. The van der Waals surface area contributed by atoms with Gasteiger partial charge < -0.3 is 9.64 Å². The summed E-state index contributed by atoms with van der Waals surface area (Å²) in [5, 5.41) is 11.3. The van der Waals surface area contributed by atoms with Crippen molar-refractivity contribution in [2.75, 3.05) is 52.9 Å². The Labute approximate surface area is 215 Å². The predicted molar refractivity (Wildman–Crippen MR) is 138 cm³/mol. The monoisotopic (exact) mass is 510 g/mol. The Morgan fingerprint density at radius 2 is 1.75 bits per heavy atom. The lowest BCUT2D eigenvalue weighted by atomic mass is 10.0. The topological polar surface area (TPSA) is 94.7 Å². The third-order valence-electron chi connectivity index (χ3n) is 7.27. The maximum Gasteiger partial charge on any atom is 0.254 e. The van der Waals surface area contributed by atoms with Crippen LogP contribution in [-0.4, -0.2) is 101 Å². The fourth-order valence-electron chi connectivity index (χ4n) is 5.29. The number of ketones is 1. The van der Waals surface area contributed by atoms with Crippen LogP contribution in [0, 0.1) is 0 Å². The fraction of sp³-hybridized carbons (Fsp3) is 0.462. The molecule has 0 aliphatic carbocycles. The summed E-state index contributed by atoms with van der Waals surface area (Å²) in [6.45, 7) is 5.43. The number of carbonyl (C=O) groups is 2. The van der Waals surface area contributed by atoms with Crippen LogP contribution in [-0.2, 0) is 11.2 Å². The number of likely N-dealkylation sites (tertiary alicyclic amines) is 1. The van der Waals surface area contributed by atoms with Gasteiger partial charge in [-0.1, -0.05) is 11.6 Å². The van der Waals surface area contributed by atoms with Crippen LogP contribution < -0.4 is 4.74 Å². The van der Waals surface area contributed by atoms with Gasteiger partial charge in [-0.15, -0.1) is 0 Å². The second-order valence-electron chi connectivity index (χ2n) is 9.53. The number of rotatable bonds is 7. The van der Waals surface area contributed by atoms with Gasteiger partial charge in [0.15, 0.2) is 5.78 Å². The molecule has 2 fully saturated rings. The maximum absolute atomic E-state index is 13.0. The van der Waals surface area contributed by atoms with Gasteiger partial charge in [-0.25, -0.2) is 0 Å². The van der Waals surface area contributed by atoms with Crippen LogP contribution >= 0.6 is 11.6 Å². The van der Waals surface area contributed by atoms with Crippen molar-refractivity contribution >= 4 is 34.3 Å². The van der Waals surface area contributed by atoms with Crippen molar-refractivity contribution in [3.8, 4) is 5.75 Å². The second kappa shape index (κ2) is 10.9. The number of methoxy groups -OCH3 is 1. The minimum atomic E-state index is 0.0456. The van der Waals surface area contributed by atoms with E-state index in [2.05, 4.69) is 25.2 Å². The van der Waals surface area contributed by atoms with Crippen molar-refractivity contribution in [1.29, 1.82) is 0 Å². The highest BCUT2D eigenvalue weighted by molar-refractivity contribution is 6.30. The van der Waals surface area contributed by atoms with E-state index < -0.39 is 0 Å². The van der Waals surface area contributed by atoms with Crippen molar-refractivity contribution in [3.63, 3.8) is 0 Å². The minimum absolute atomic E-state index is 0.0456. The number of benzene rings is 2. The van der Waals surface area contributed by atoms with Gasteiger partial charge in [-0.2, -0.15) is 15.4 Å². The number of nitrogens with one attached hydrogen (secondary N) is 1. The van der Waals surface area contributed by atoms with Crippen LogP contribution in [0.2, 0.25) is 5.02 Å². The van der Waals surface area contributed by atoms with E-state index in [4.69, 9.17) is 16.3 Å². The lowest BCUT2D eigenvalue weighted by molar-refractivity contribution is -0.120. The zero-order valence-electron chi connectivity index (χ0n) is 20.5. The first-order chi connectivity index (χ1) is 17.5. The molecule has 2 saturated heterocycles. The van der Waals surface area contributed by atoms with Crippen LogP contribution in [0.15, 0.2) is 36.4 Å². The summed E-state index contributed by atoms with van der Waals surface area (Å²) in [6.07, 6.45) is 2.39. The molecule has 3 heterocycles. The molecule has 36 heavy (non-hydrogen) atoms.